The van der Waals surface area contributed by atoms with Crippen molar-refractivity contribution in [3.05, 3.63) is 132 Å². The predicted molar refractivity (Wildman–Crippen MR) is 247 cm³/mol. The van der Waals surface area contributed by atoms with E-state index in [1.807, 2.05) is 60.7 Å². The van der Waals surface area contributed by atoms with E-state index in [1.54, 1.807) is 60.7 Å². The van der Waals surface area contributed by atoms with E-state index in [1.165, 1.54) is 44.9 Å². The monoisotopic (exact) mass is 918 g/mol. The second-order valence-corrected chi connectivity index (χ2v) is 17.6. The van der Waals surface area contributed by atoms with Crippen LogP contribution in [0.5, 0.6) is 11.5 Å². The third-order valence-electron chi connectivity index (χ3n) is 10.7. The number of benzene rings is 4. The molecule has 0 spiro atoms. The maximum absolute atomic E-state index is 14.5. The van der Waals surface area contributed by atoms with Gasteiger partial charge in [0.05, 0.1) is 25.9 Å². The molecule has 6 atom stereocenters. The SMILES string of the molecule is CCCCCCCCCCCCCC(=O)N[C@@H](CO[C@@H]1O[C@H](COCOCc2ccccc2)[C@@H](OP(=O)(Oc2ccccc2)Oc2ccccc2)[C@H](O)[C@H]1N)C(=O)OCc1ccccc1. The molecule has 4 aromatic carbocycles. The smallest absolute Gasteiger partial charge is 0.459 e. The van der Waals surface area contributed by atoms with Crippen LogP contribution in [0.3, 0.4) is 0 Å². The lowest BCUT2D eigenvalue weighted by molar-refractivity contribution is -0.270. The number of aliphatic hydroxyl groups is 1. The fourth-order valence-electron chi connectivity index (χ4n) is 7.15. The van der Waals surface area contributed by atoms with E-state index in [2.05, 4.69) is 12.2 Å². The van der Waals surface area contributed by atoms with Crippen molar-refractivity contribution in [2.24, 2.45) is 5.73 Å². The molecule has 4 aromatic rings. The van der Waals surface area contributed by atoms with Gasteiger partial charge in [0.15, 0.2) is 12.3 Å². The number of amides is 1. The number of ether oxygens (including phenoxy) is 5. The summed E-state index contributed by atoms with van der Waals surface area (Å²) in [5.41, 5.74) is 8.26. The number of para-hydroxylation sites is 2. The predicted octanol–water partition coefficient (Wildman–Crippen LogP) is 9.19. The Kier molecular flexibility index (Phi) is 23.0. The van der Waals surface area contributed by atoms with Gasteiger partial charge in [-0.15, -0.1) is 0 Å². The molecular formula is C50H67N2O12P. The Balaban J connectivity index is 1.24. The van der Waals surface area contributed by atoms with E-state index in [9.17, 15) is 19.3 Å². The molecule has 65 heavy (non-hydrogen) atoms. The number of phosphoric acid groups is 1. The summed E-state index contributed by atoms with van der Waals surface area (Å²) in [4.78, 5) is 26.8. The van der Waals surface area contributed by atoms with Crippen LogP contribution in [0.2, 0.25) is 0 Å². The zero-order valence-corrected chi connectivity index (χ0v) is 38.4. The lowest BCUT2D eigenvalue weighted by Gasteiger charge is -2.43. The van der Waals surface area contributed by atoms with Crippen molar-refractivity contribution in [1.29, 1.82) is 0 Å². The number of carbonyl (C=O) groups is 2. The molecule has 0 radical (unpaired) electrons. The van der Waals surface area contributed by atoms with Crippen LogP contribution in [0.4, 0.5) is 0 Å². The van der Waals surface area contributed by atoms with Crippen LogP contribution in [-0.4, -0.2) is 73.7 Å². The van der Waals surface area contributed by atoms with Gasteiger partial charge in [0.2, 0.25) is 5.91 Å². The molecule has 0 saturated carbocycles. The minimum absolute atomic E-state index is 0.0241. The summed E-state index contributed by atoms with van der Waals surface area (Å²) in [6.07, 6.45) is 7.18. The van der Waals surface area contributed by atoms with Crippen LogP contribution in [0.25, 0.3) is 0 Å². The van der Waals surface area contributed by atoms with E-state index in [0.717, 1.165) is 30.4 Å². The quantitative estimate of drug-likeness (QED) is 0.0188. The molecule has 0 aromatic heterocycles. The second-order valence-electron chi connectivity index (χ2n) is 16.1. The first-order valence-electron chi connectivity index (χ1n) is 22.9. The minimum Gasteiger partial charge on any atom is -0.459 e. The lowest BCUT2D eigenvalue weighted by Crippen LogP contribution is -2.63. The molecule has 4 N–H and O–H groups in total. The van der Waals surface area contributed by atoms with Crippen LogP contribution in [0.1, 0.15) is 95.1 Å². The molecule has 1 amide bonds. The highest BCUT2D eigenvalue weighted by atomic mass is 31.2. The molecule has 15 heteroatoms. The zero-order valence-electron chi connectivity index (χ0n) is 37.5. The summed E-state index contributed by atoms with van der Waals surface area (Å²) in [5.74, 6) is -0.689. The molecule has 1 aliphatic heterocycles. The van der Waals surface area contributed by atoms with Gasteiger partial charge in [0.25, 0.3) is 0 Å². The molecule has 0 aliphatic carbocycles. The van der Waals surface area contributed by atoms with Crippen LogP contribution < -0.4 is 20.1 Å². The van der Waals surface area contributed by atoms with Crippen LogP contribution in [-0.2, 0) is 55.6 Å². The fourth-order valence-corrected chi connectivity index (χ4v) is 8.59. The van der Waals surface area contributed by atoms with Crippen molar-refractivity contribution in [2.45, 2.75) is 134 Å². The Bertz CT molecular complexity index is 1900. The molecule has 0 unspecified atom stereocenters. The first-order chi connectivity index (χ1) is 31.7. The average Bonchev–Trinajstić information content (AvgIpc) is 3.32. The largest absolute Gasteiger partial charge is 0.588 e. The Hall–Kier alpha value is -4.63. The number of esters is 1. The molecule has 14 nitrogen and oxygen atoms in total. The van der Waals surface area contributed by atoms with Gasteiger partial charge in [0, 0.05) is 6.42 Å². The van der Waals surface area contributed by atoms with Gasteiger partial charge >= 0.3 is 13.8 Å². The number of aliphatic hydroxyl groups excluding tert-OH is 1. The number of nitrogens with two attached hydrogens (primary N) is 1. The Morgan fingerprint density at radius 3 is 1.77 bits per heavy atom. The lowest BCUT2D eigenvalue weighted by atomic mass is 9.98. The molecule has 354 valence electrons. The highest BCUT2D eigenvalue weighted by Crippen LogP contribution is 2.52. The summed E-state index contributed by atoms with van der Waals surface area (Å²) in [6, 6.07) is 32.7. The highest BCUT2D eigenvalue weighted by molar-refractivity contribution is 7.49. The van der Waals surface area contributed by atoms with E-state index in [4.69, 9.17) is 43.0 Å². The summed E-state index contributed by atoms with van der Waals surface area (Å²) in [7, 11) is -4.59. The van der Waals surface area contributed by atoms with Crippen molar-refractivity contribution in [3.63, 3.8) is 0 Å². The van der Waals surface area contributed by atoms with E-state index < -0.39 is 57.1 Å². The van der Waals surface area contributed by atoms with Crippen molar-refractivity contribution < 1.29 is 56.5 Å². The first kappa shape index (κ1) is 51.4. The van der Waals surface area contributed by atoms with Crippen LogP contribution in [0, 0.1) is 0 Å². The van der Waals surface area contributed by atoms with Crippen molar-refractivity contribution in [3.8, 4) is 11.5 Å². The zero-order chi connectivity index (χ0) is 46.0. The Morgan fingerprint density at radius 1 is 0.708 bits per heavy atom. The maximum atomic E-state index is 14.5. The third-order valence-corrected chi connectivity index (χ3v) is 12.1. The van der Waals surface area contributed by atoms with Gasteiger partial charge in [-0.25, -0.2) is 9.36 Å². The van der Waals surface area contributed by atoms with Gasteiger partial charge < -0.3 is 48.9 Å². The fraction of sp³-hybridized carbons (Fsp3) is 0.480. The number of hydrogen-bond acceptors (Lipinski definition) is 13. The van der Waals surface area contributed by atoms with E-state index in [0.29, 0.717) is 6.42 Å². The number of phosphoric ester groups is 1. The molecule has 1 aliphatic rings. The number of rotatable bonds is 31. The summed E-state index contributed by atoms with van der Waals surface area (Å²) >= 11 is 0. The van der Waals surface area contributed by atoms with Crippen LogP contribution >= 0.6 is 7.82 Å². The number of nitrogens with one attached hydrogen (secondary N) is 1. The highest BCUT2D eigenvalue weighted by Gasteiger charge is 2.50. The summed E-state index contributed by atoms with van der Waals surface area (Å²) in [5, 5.41) is 14.6. The number of carbonyl (C=O) groups excluding carboxylic acids is 2. The normalized spacial score (nSPS) is 19.0. The minimum atomic E-state index is -4.59. The van der Waals surface area contributed by atoms with Gasteiger partial charge in [-0.05, 0) is 41.8 Å². The molecule has 1 saturated heterocycles. The van der Waals surface area contributed by atoms with E-state index >= 15 is 0 Å². The maximum Gasteiger partial charge on any atom is 0.588 e. The molecule has 1 fully saturated rings. The van der Waals surface area contributed by atoms with Crippen molar-refractivity contribution in [2.75, 3.05) is 20.0 Å². The Morgan fingerprint density at radius 2 is 1.22 bits per heavy atom. The topological polar surface area (TPSA) is 183 Å². The average molecular weight is 919 g/mol. The standard InChI is InChI=1S/C50H67N2O12P/c1-2-3-4-5-6-7-8-9-10-11-24-33-45(53)52-43(49(55)59-35-40-27-18-13-19-28-40)36-60-50-46(51)47(54)48(44(61-50)37-58-38-57-34-39-25-16-12-17-26-39)64-65(56,62-41-29-20-14-21-30-41)63-42-31-22-15-23-32-42/h12-23,25-32,43-44,46-48,50,54H,2-11,24,33-38,51H2,1H3,(H,52,53)/t43-,44+,46+,47+,48+,50+/m0/s1. The molecular weight excluding hydrogens is 852 g/mol. The first-order valence-corrected chi connectivity index (χ1v) is 24.4. The second kappa shape index (κ2) is 29.1. The van der Waals surface area contributed by atoms with Gasteiger partial charge in [-0.1, -0.05) is 168 Å². The Labute approximate surface area is 384 Å². The third kappa shape index (κ3) is 19.0. The molecule has 1 heterocycles. The van der Waals surface area contributed by atoms with Gasteiger partial charge in [-0.2, -0.15) is 0 Å². The van der Waals surface area contributed by atoms with E-state index in [-0.39, 0.29) is 50.4 Å². The summed E-state index contributed by atoms with van der Waals surface area (Å²) < 4.78 is 61.9. The molecule has 5 rings (SSSR count). The van der Waals surface area contributed by atoms with Crippen molar-refractivity contribution in [1.82, 2.24) is 5.32 Å². The van der Waals surface area contributed by atoms with Gasteiger partial charge in [0.1, 0.15) is 43.2 Å². The number of unbranched alkanes of at least 4 members (excludes halogenated alkanes) is 10. The van der Waals surface area contributed by atoms with Crippen LogP contribution in [0.15, 0.2) is 121 Å². The van der Waals surface area contributed by atoms with Gasteiger partial charge in [-0.3, -0.25) is 9.32 Å². The number of hydrogen-bond donors (Lipinski definition) is 3. The van der Waals surface area contributed by atoms with Crippen molar-refractivity contribution >= 4 is 19.7 Å². The summed E-state index contributed by atoms with van der Waals surface area (Å²) in [6.45, 7) is 1.63. The molecule has 0 bridgehead atoms.